The van der Waals surface area contributed by atoms with Crippen LogP contribution in [0.3, 0.4) is 0 Å². The molecule has 3 rings (SSSR count). The summed E-state index contributed by atoms with van der Waals surface area (Å²) >= 11 is 12.2. The number of sulfone groups is 1. The van der Waals surface area contributed by atoms with E-state index in [1.54, 1.807) is 6.92 Å². The summed E-state index contributed by atoms with van der Waals surface area (Å²) in [6.45, 7) is 2.02. The van der Waals surface area contributed by atoms with E-state index in [0.717, 1.165) is 6.07 Å². The predicted octanol–water partition coefficient (Wildman–Crippen LogP) is 4.47. The Labute approximate surface area is 193 Å². The van der Waals surface area contributed by atoms with E-state index >= 15 is 0 Å². The zero-order valence-corrected chi connectivity index (χ0v) is 19.1. The van der Waals surface area contributed by atoms with Gasteiger partial charge < -0.3 is 19.5 Å². The van der Waals surface area contributed by atoms with Gasteiger partial charge in [-0.3, -0.25) is 4.79 Å². The topological polar surface area (TPSA) is 90.9 Å². The molecule has 12 heteroatoms. The van der Waals surface area contributed by atoms with Gasteiger partial charge in [0.05, 0.1) is 32.8 Å². The highest BCUT2D eigenvalue weighted by molar-refractivity contribution is 7.91. The quantitative estimate of drug-likeness (QED) is 0.568. The number of rotatable bonds is 6. The Kier molecular flexibility index (Phi) is 7.06. The van der Waals surface area contributed by atoms with E-state index in [1.165, 1.54) is 18.2 Å². The van der Waals surface area contributed by atoms with Crippen LogP contribution >= 0.6 is 23.2 Å². The number of nitrogens with one attached hydrogen (secondary N) is 1. The molecule has 174 valence electrons. The minimum atomic E-state index is -3.27. The molecule has 0 unspecified atom stereocenters. The number of hydrogen-bond donors (Lipinski definition) is 1. The molecule has 0 radical (unpaired) electrons. The average molecular weight is 510 g/mol. The van der Waals surface area contributed by atoms with Gasteiger partial charge in [0.25, 0.3) is 11.7 Å². The molecule has 32 heavy (non-hydrogen) atoms. The molecular weight excluding hydrogens is 491 g/mol. The Hall–Kier alpha value is -2.30. The predicted molar refractivity (Wildman–Crippen MR) is 115 cm³/mol. The molecule has 0 atom stereocenters. The van der Waals surface area contributed by atoms with Crippen LogP contribution in [0.1, 0.15) is 30.1 Å². The molecule has 0 saturated carbocycles. The van der Waals surface area contributed by atoms with Crippen molar-refractivity contribution in [3.8, 4) is 17.2 Å². The van der Waals surface area contributed by atoms with Crippen molar-refractivity contribution in [2.24, 2.45) is 0 Å². The summed E-state index contributed by atoms with van der Waals surface area (Å²) in [5, 5.41) is 2.76. The number of benzene rings is 1. The summed E-state index contributed by atoms with van der Waals surface area (Å²) in [6.07, 6.45) is 2.70. The lowest BCUT2D eigenvalue weighted by Gasteiger charge is -2.31. The maximum atomic E-state index is 13.0. The van der Waals surface area contributed by atoms with Gasteiger partial charge in [0.1, 0.15) is 0 Å². The second-order valence-electron chi connectivity index (χ2n) is 6.93. The summed E-state index contributed by atoms with van der Waals surface area (Å²) in [7, 11) is -3.27. The lowest BCUT2D eigenvalue weighted by atomic mass is 10.1. The maximum Gasteiger partial charge on any atom is 0.387 e. The Bertz CT molecular complexity index is 1100. The molecule has 1 spiro atoms. The third-order valence-corrected chi connectivity index (χ3v) is 7.25. The molecule has 1 N–H and O–H groups in total. The number of fused-ring (bicyclic) bond motifs is 1. The molecule has 1 aromatic carbocycles. The number of carbonyl (C=O) groups is 1. The zero-order chi connectivity index (χ0) is 23.7. The van der Waals surface area contributed by atoms with Gasteiger partial charge in [0.2, 0.25) is 5.75 Å². The molecule has 2 heterocycles. The highest BCUT2D eigenvalue weighted by Crippen LogP contribution is 2.51. The van der Waals surface area contributed by atoms with Gasteiger partial charge in [-0.25, -0.2) is 8.42 Å². The van der Waals surface area contributed by atoms with Crippen LogP contribution in [0.2, 0.25) is 0 Å². The molecule has 1 saturated heterocycles. The molecule has 0 aliphatic carbocycles. The maximum absolute atomic E-state index is 13.0. The third-order valence-electron chi connectivity index (χ3n) is 4.85. The van der Waals surface area contributed by atoms with E-state index in [0.29, 0.717) is 0 Å². The molecule has 1 amide bonds. The average Bonchev–Trinajstić information content (AvgIpc) is 3.13. The number of amides is 1. The Balaban J connectivity index is 2.00. The van der Waals surface area contributed by atoms with Crippen molar-refractivity contribution in [1.29, 1.82) is 0 Å². The third kappa shape index (κ3) is 5.02. The van der Waals surface area contributed by atoms with Crippen LogP contribution in [0, 0.1) is 0 Å². The van der Waals surface area contributed by atoms with Crippen LogP contribution < -0.4 is 19.5 Å². The van der Waals surface area contributed by atoms with Crippen molar-refractivity contribution in [2.75, 3.05) is 11.5 Å². The first kappa shape index (κ1) is 24.3. The monoisotopic (exact) mass is 509 g/mol. The summed E-state index contributed by atoms with van der Waals surface area (Å²) in [6, 6.07) is 2.36. The number of carbonyl (C=O) groups excluding carboxylic acids is 1. The summed E-state index contributed by atoms with van der Waals surface area (Å²) < 4.78 is 65.5. The van der Waals surface area contributed by atoms with Crippen molar-refractivity contribution in [2.45, 2.75) is 32.2 Å². The normalized spacial score (nSPS) is 19.5. The lowest BCUT2D eigenvalue weighted by Crippen LogP contribution is -2.46. The van der Waals surface area contributed by atoms with Crippen LogP contribution in [0.25, 0.3) is 0 Å². The largest absolute Gasteiger partial charge is 0.447 e. The fraction of sp³-hybridized carbons (Fsp3) is 0.350. The zero-order valence-electron chi connectivity index (χ0n) is 16.8. The molecule has 2 aliphatic rings. The van der Waals surface area contributed by atoms with Gasteiger partial charge >= 0.3 is 6.61 Å². The SMILES string of the molecule is C=C/C(Cl)=C(NC(=O)c1ccc(OC(F)F)c2c1OC1(CCS(=O)(=O)CC1)O2)\C(Cl)=C/C. The summed E-state index contributed by atoms with van der Waals surface area (Å²) in [5.74, 6) is -3.27. The van der Waals surface area contributed by atoms with Gasteiger partial charge in [-0.05, 0) is 25.1 Å². The van der Waals surface area contributed by atoms with E-state index in [4.69, 9.17) is 32.7 Å². The number of ether oxygens (including phenoxy) is 3. The first-order chi connectivity index (χ1) is 15.0. The smallest absolute Gasteiger partial charge is 0.387 e. The van der Waals surface area contributed by atoms with Gasteiger partial charge in [0, 0.05) is 12.8 Å². The minimum Gasteiger partial charge on any atom is -0.447 e. The van der Waals surface area contributed by atoms with E-state index in [2.05, 4.69) is 16.6 Å². The summed E-state index contributed by atoms with van der Waals surface area (Å²) in [5.41, 5.74) is 0.00778. The first-order valence-electron chi connectivity index (χ1n) is 9.37. The standard InChI is InChI=1S/C20H19Cl2F2NO6S/c1-3-12(21)15(13(22)4-2)25-18(26)11-5-6-14(29-19(23)24)17-16(11)30-20(31-17)7-9-32(27,28)10-8-20/h3-6,19H,1,7-10H2,2H3,(H,25,26)/b13-4+,15-12-. The van der Waals surface area contributed by atoms with Crippen molar-refractivity contribution >= 4 is 38.9 Å². The van der Waals surface area contributed by atoms with E-state index in [9.17, 15) is 22.0 Å². The molecule has 0 bridgehead atoms. The number of hydrogen-bond acceptors (Lipinski definition) is 6. The van der Waals surface area contributed by atoms with Crippen molar-refractivity contribution in [1.82, 2.24) is 5.32 Å². The van der Waals surface area contributed by atoms with Crippen molar-refractivity contribution < 1.29 is 36.2 Å². The van der Waals surface area contributed by atoms with Crippen LogP contribution in [-0.2, 0) is 9.84 Å². The second kappa shape index (κ2) is 9.29. The molecule has 1 aromatic rings. The number of allylic oxidation sites excluding steroid dienone is 4. The number of halogens is 4. The van der Waals surface area contributed by atoms with Crippen LogP contribution in [0.5, 0.6) is 17.2 Å². The molecular formula is C20H19Cl2F2NO6S. The fourth-order valence-corrected chi connectivity index (χ4v) is 5.01. The van der Waals surface area contributed by atoms with Gasteiger partial charge in [-0.1, -0.05) is 35.9 Å². The highest BCUT2D eigenvalue weighted by atomic mass is 35.5. The summed E-state index contributed by atoms with van der Waals surface area (Å²) in [4.78, 5) is 13.0. The van der Waals surface area contributed by atoms with Crippen LogP contribution in [-0.4, -0.2) is 38.2 Å². The molecule has 7 nitrogen and oxygen atoms in total. The lowest BCUT2D eigenvalue weighted by molar-refractivity contribution is -0.0903. The van der Waals surface area contributed by atoms with Crippen LogP contribution in [0.15, 0.2) is 46.6 Å². The van der Waals surface area contributed by atoms with Gasteiger partial charge in [0.15, 0.2) is 21.3 Å². The highest BCUT2D eigenvalue weighted by Gasteiger charge is 2.48. The number of alkyl halides is 2. The Morgan fingerprint density at radius 3 is 2.44 bits per heavy atom. The van der Waals surface area contributed by atoms with Crippen molar-refractivity contribution in [3.63, 3.8) is 0 Å². The first-order valence-corrected chi connectivity index (χ1v) is 11.9. The fourth-order valence-electron chi connectivity index (χ4n) is 3.22. The molecule has 2 aliphatic heterocycles. The van der Waals surface area contributed by atoms with E-state index in [-0.39, 0.29) is 62.9 Å². The van der Waals surface area contributed by atoms with Crippen molar-refractivity contribution in [3.05, 3.63) is 52.2 Å². The van der Waals surface area contributed by atoms with Crippen LogP contribution in [0.4, 0.5) is 8.78 Å². The van der Waals surface area contributed by atoms with Gasteiger partial charge in [-0.15, -0.1) is 0 Å². The Morgan fingerprint density at radius 1 is 1.25 bits per heavy atom. The van der Waals surface area contributed by atoms with E-state index < -0.39 is 28.1 Å². The molecule has 1 fully saturated rings. The second-order valence-corrected chi connectivity index (χ2v) is 10.1. The Morgan fingerprint density at radius 2 is 1.88 bits per heavy atom. The minimum absolute atomic E-state index is 0.0446. The van der Waals surface area contributed by atoms with E-state index in [1.807, 2.05) is 0 Å². The van der Waals surface area contributed by atoms with Gasteiger partial charge in [-0.2, -0.15) is 8.78 Å². The molecule has 0 aromatic heterocycles.